The number of alkyl halides is 2. The van der Waals surface area contributed by atoms with Crippen molar-refractivity contribution < 1.29 is 18.3 Å². The predicted molar refractivity (Wildman–Crippen MR) is 135 cm³/mol. The van der Waals surface area contributed by atoms with Crippen molar-refractivity contribution in [2.75, 3.05) is 36.2 Å². The van der Waals surface area contributed by atoms with Gasteiger partial charge >= 0.3 is 0 Å². The first kappa shape index (κ1) is 25.1. The van der Waals surface area contributed by atoms with E-state index in [0.29, 0.717) is 29.9 Å². The number of pyridine rings is 1. The van der Waals surface area contributed by atoms with Crippen molar-refractivity contribution in [3.63, 3.8) is 0 Å². The number of aromatic nitrogens is 1. The molecule has 0 radical (unpaired) electrons. The molecule has 7 nitrogen and oxygen atoms in total. The summed E-state index contributed by atoms with van der Waals surface area (Å²) in [6.45, 7) is -0.427. The molecule has 2 N–H and O–H groups in total. The average molecular weight is 532 g/mol. The van der Waals surface area contributed by atoms with E-state index in [1.165, 1.54) is 11.0 Å². The monoisotopic (exact) mass is 531 g/mol. The first-order valence-electron chi connectivity index (χ1n) is 10.3. The number of benzene rings is 2. The Kier molecular flexibility index (Phi) is 8.53. The van der Waals surface area contributed by atoms with Gasteiger partial charge in [-0.2, -0.15) is 4.98 Å². The van der Waals surface area contributed by atoms with Gasteiger partial charge in [0, 0.05) is 59.9 Å². The number of aliphatic imine (C=N–C) groups is 1. The lowest BCUT2D eigenvalue weighted by atomic mass is 10.1. The van der Waals surface area contributed by atoms with E-state index in [4.69, 9.17) is 10.5 Å². The summed E-state index contributed by atoms with van der Waals surface area (Å²) in [4.78, 5) is 23.8. The Balaban J connectivity index is 1.99. The second-order valence-corrected chi connectivity index (χ2v) is 8.26. The van der Waals surface area contributed by atoms with Crippen LogP contribution in [0.5, 0.6) is 5.88 Å². The molecule has 0 atom stereocenters. The molecule has 1 heterocycles. The molecule has 0 aliphatic heterocycles. The summed E-state index contributed by atoms with van der Waals surface area (Å²) in [5.74, 6) is 0.279. The number of amides is 1. The van der Waals surface area contributed by atoms with E-state index >= 15 is 0 Å². The molecule has 0 aliphatic rings. The summed E-state index contributed by atoms with van der Waals surface area (Å²) in [7, 11) is 3.55. The summed E-state index contributed by atoms with van der Waals surface area (Å²) in [6.07, 6.45) is -0.336. The first-order chi connectivity index (χ1) is 16.3. The van der Waals surface area contributed by atoms with Gasteiger partial charge < -0.3 is 15.4 Å². The quantitative estimate of drug-likeness (QED) is 0.225. The number of nitrogens with zero attached hydrogens (tertiary/aromatic N) is 4. The van der Waals surface area contributed by atoms with Crippen LogP contribution < -0.4 is 20.3 Å². The van der Waals surface area contributed by atoms with Gasteiger partial charge in [-0.05, 0) is 48.5 Å². The van der Waals surface area contributed by atoms with E-state index < -0.39 is 13.0 Å². The standard InChI is InChI=1S/C24H24BrF2N5O2/c1-29-12-17-11-20(8-9-21(17)28)31(2)13-16-3-10-23(34-14-22(26)27)30-24(16)32(15-33)19-6-4-18(25)5-7-19/h3-12,15,22H,13-14,28H2,1-2H3. The zero-order chi connectivity index (χ0) is 24.7. The van der Waals surface area contributed by atoms with Crippen LogP contribution in [0.3, 0.4) is 0 Å². The largest absolute Gasteiger partial charge is 0.472 e. The van der Waals surface area contributed by atoms with Crippen molar-refractivity contribution in [3.05, 3.63) is 70.2 Å². The molecule has 0 unspecified atom stereocenters. The zero-order valence-electron chi connectivity index (χ0n) is 18.7. The third-order valence-electron chi connectivity index (χ3n) is 4.91. The van der Waals surface area contributed by atoms with E-state index in [2.05, 4.69) is 25.9 Å². The summed E-state index contributed by atoms with van der Waals surface area (Å²) in [6, 6.07) is 15.9. The maximum atomic E-state index is 12.7. The fourth-order valence-electron chi connectivity index (χ4n) is 3.25. The molecule has 0 spiro atoms. The minimum absolute atomic E-state index is 0.000377. The van der Waals surface area contributed by atoms with Crippen LogP contribution in [0.1, 0.15) is 11.1 Å². The summed E-state index contributed by atoms with van der Waals surface area (Å²) in [5, 5.41) is 0. The number of hydrogen-bond donors (Lipinski definition) is 1. The minimum Gasteiger partial charge on any atom is -0.472 e. The van der Waals surface area contributed by atoms with Crippen LogP contribution in [0, 0.1) is 0 Å². The highest BCUT2D eigenvalue weighted by molar-refractivity contribution is 9.10. The molecule has 10 heteroatoms. The molecular formula is C24H24BrF2N5O2. The number of ether oxygens (including phenoxy) is 1. The molecule has 0 saturated carbocycles. The van der Waals surface area contributed by atoms with Crippen LogP contribution in [0.15, 0.2) is 64.1 Å². The SMILES string of the molecule is CN=Cc1cc(N(C)Cc2ccc(OCC(F)F)nc2N(C=O)c2ccc(Br)cc2)ccc1N. The lowest BCUT2D eigenvalue weighted by Gasteiger charge is -2.25. The fraction of sp³-hybridized carbons (Fsp3) is 0.208. The number of carbonyl (C=O) groups is 1. The van der Waals surface area contributed by atoms with Crippen LogP contribution in [0.25, 0.3) is 0 Å². The Bertz CT molecular complexity index is 1160. The van der Waals surface area contributed by atoms with Crippen molar-refractivity contribution in [3.8, 4) is 5.88 Å². The molecule has 1 amide bonds. The molecule has 0 aliphatic carbocycles. The number of rotatable bonds is 10. The molecule has 178 valence electrons. The van der Waals surface area contributed by atoms with Crippen LogP contribution in [-0.2, 0) is 11.3 Å². The first-order valence-corrected chi connectivity index (χ1v) is 11.1. The van der Waals surface area contributed by atoms with Crippen LogP contribution >= 0.6 is 15.9 Å². The number of nitrogens with two attached hydrogens (primary N) is 1. The number of carbonyl (C=O) groups excluding carboxylic acids is 1. The van der Waals surface area contributed by atoms with Crippen molar-refractivity contribution in [1.29, 1.82) is 0 Å². The van der Waals surface area contributed by atoms with Crippen molar-refractivity contribution in [1.82, 2.24) is 4.98 Å². The Hall–Kier alpha value is -3.53. The highest BCUT2D eigenvalue weighted by atomic mass is 79.9. The summed E-state index contributed by atoms with van der Waals surface area (Å²) in [5.41, 5.74) is 9.52. The van der Waals surface area contributed by atoms with Gasteiger partial charge in [-0.25, -0.2) is 8.78 Å². The Morgan fingerprint density at radius 2 is 1.85 bits per heavy atom. The molecule has 3 aromatic rings. The van der Waals surface area contributed by atoms with Gasteiger partial charge in [0.2, 0.25) is 12.3 Å². The summed E-state index contributed by atoms with van der Waals surface area (Å²) >= 11 is 3.38. The summed E-state index contributed by atoms with van der Waals surface area (Å²) < 4.78 is 31.3. The molecule has 1 aromatic heterocycles. The van der Waals surface area contributed by atoms with E-state index in [-0.39, 0.29) is 11.7 Å². The molecule has 0 fully saturated rings. The van der Waals surface area contributed by atoms with Gasteiger partial charge in [0.15, 0.2) is 6.61 Å². The van der Waals surface area contributed by atoms with Crippen LogP contribution in [0.4, 0.5) is 31.7 Å². The third kappa shape index (κ3) is 6.28. The predicted octanol–water partition coefficient (Wildman–Crippen LogP) is 5.05. The normalized spacial score (nSPS) is 11.1. The van der Waals surface area contributed by atoms with Crippen molar-refractivity contribution in [2.24, 2.45) is 4.99 Å². The lowest BCUT2D eigenvalue weighted by molar-refractivity contribution is -0.106. The van der Waals surface area contributed by atoms with Crippen molar-refractivity contribution in [2.45, 2.75) is 13.0 Å². The number of halogens is 3. The highest BCUT2D eigenvalue weighted by Gasteiger charge is 2.18. The maximum Gasteiger partial charge on any atom is 0.272 e. The molecule has 2 aromatic carbocycles. The molecule has 0 saturated heterocycles. The van der Waals surface area contributed by atoms with Gasteiger partial charge in [-0.3, -0.25) is 14.7 Å². The van der Waals surface area contributed by atoms with E-state index in [1.54, 1.807) is 49.7 Å². The Morgan fingerprint density at radius 3 is 2.50 bits per heavy atom. The van der Waals surface area contributed by atoms with Crippen LogP contribution in [0.2, 0.25) is 0 Å². The maximum absolute atomic E-state index is 12.7. The second-order valence-electron chi connectivity index (χ2n) is 7.34. The Morgan fingerprint density at radius 1 is 1.15 bits per heavy atom. The van der Waals surface area contributed by atoms with E-state index in [9.17, 15) is 13.6 Å². The lowest BCUT2D eigenvalue weighted by Crippen LogP contribution is -2.22. The molecule has 0 bridgehead atoms. The minimum atomic E-state index is -2.64. The molecular weight excluding hydrogens is 508 g/mol. The Labute approximate surface area is 205 Å². The van der Waals surface area contributed by atoms with Gasteiger partial charge in [0.05, 0.1) is 5.69 Å². The molecule has 3 rings (SSSR count). The average Bonchev–Trinajstić information content (AvgIpc) is 2.82. The number of anilines is 4. The number of hydrogen-bond acceptors (Lipinski definition) is 6. The highest BCUT2D eigenvalue weighted by Crippen LogP contribution is 2.31. The van der Waals surface area contributed by atoms with E-state index in [1.807, 2.05) is 24.1 Å². The van der Waals surface area contributed by atoms with Gasteiger partial charge in [-0.1, -0.05) is 15.9 Å². The van der Waals surface area contributed by atoms with Gasteiger partial charge in [-0.15, -0.1) is 0 Å². The smallest absolute Gasteiger partial charge is 0.272 e. The second kappa shape index (κ2) is 11.6. The fourth-order valence-corrected chi connectivity index (χ4v) is 3.52. The van der Waals surface area contributed by atoms with Crippen molar-refractivity contribution >= 4 is 51.4 Å². The van der Waals surface area contributed by atoms with E-state index in [0.717, 1.165) is 15.7 Å². The topological polar surface area (TPSA) is 84.0 Å². The zero-order valence-corrected chi connectivity index (χ0v) is 20.2. The van der Waals surface area contributed by atoms with Crippen LogP contribution in [-0.4, -0.2) is 44.7 Å². The third-order valence-corrected chi connectivity index (χ3v) is 5.44. The number of nitrogen functional groups attached to an aromatic ring is 1. The van der Waals surface area contributed by atoms with Gasteiger partial charge in [0.1, 0.15) is 5.82 Å². The molecule has 34 heavy (non-hydrogen) atoms. The van der Waals surface area contributed by atoms with Gasteiger partial charge in [0.25, 0.3) is 6.43 Å².